The van der Waals surface area contributed by atoms with Gasteiger partial charge in [-0.05, 0) is 31.2 Å². The zero-order chi connectivity index (χ0) is 19.4. The van der Waals surface area contributed by atoms with Crippen molar-refractivity contribution in [2.24, 2.45) is 0 Å². The van der Waals surface area contributed by atoms with E-state index in [1.54, 1.807) is 13.0 Å². The first kappa shape index (κ1) is 19.4. The number of hydrogen-bond donors (Lipinski definition) is 1. The molecule has 1 heterocycles. The number of nitrogens with one attached hydrogen (secondary N) is 1. The van der Waals surface area contributed by atoms with E-state index in [0.29, 0.717) is 11.4 Å². The van der Waals surface area contributed by atoms with Crippen molar-refractivity contribution < 1.29 is 13.6 Å². The molecule has 0 aliphatic heterocycles. The summed E-state index contributed by atoms with van der Waals surface area (Å²) in [4.78, 5) is 14.3. The molecular weight excluding hydrogens is 392 g/mol. The van der Waals surface area contributed by atoms with Crippen LogP contribution in [0.25, 0.3) is 0 Å². The maximum Gasteiger partial charge on any atom is 0.283 e. The molecular formula is C19H16ClF2N3OS. The molecule has 8 heteroatoms. The number of alkyl halides is 2. The quantitative estimate of drug-likeness (QED) is 0.580. The van der Waals surface area contributed by atoms with Crippen molar-refractivity contribution in [1.29, 1.82) is 0 Å². The molecule has 1 aromatic heterocycles. The SMILES string of the molecule is Cc1c(Cl)c(C(F)F)nn1CC(=O)Nc1ccccc1Sc1ccccc1. The van der Waals surface area contributed by atoms with Crippen LogP contribution in [0.2, 0.25) is 5.02 Å². The van der Waals surface area contributed by atoms with Crippen molar-refractivity contribution in [2.45, 2.75) is 29.7 Å². The Balaban J connectivity index is 1.75. The van der Waals surface area contributed by atoms with Gasteiger partial charge in [0.1, 0.15) is 12.2 Å². The lowest BCUT2D eigenvalue weighted by Gasteiger charge is -2.11. The van der Waals surface area contributed by atoms with Crippen LogP contribution in [0.3, 0.4) is 0 Å². The number of carbonyl (C=O) groups excluding carboxylic acids is 1. The van der Waals surface area contributed by atoms with Gasteiger partial charge in [-0.3, -0.25) is 9.48 Å². The smallest absolute Gasteiger partial charge is 0.283 e. The standard InChI is InChI=1S/C19H16ClF2N3OS/c1-12-17(20)18(19(21)22)24-25(12)11-16(26)23-14-9-5-6-10-15(14)27-13-7-3-2-4-8-13/h2-10,19H,11H2,1H3,(H,23,26). The van der Waals surface area contributed by atoms with Crippen molar-refractivity contribution in [3.63, 3.8) is 0 Å². The average Bonchev–Trinajstić information content (AvgIpc) is 2.93. The zero-order valence-corrected chi connectivity index (χ0v) is 15.9. The van der Waals surface area contributed by atoms with Gasteiger partial charge in [0.05, 0.1) is 16.4 Å². The number of hydrogen-bond acceptors (Lipinski definition) is 3. The number of anilines is 1. The molecule has 27 heavy (non-hydrogen) atoms. The molecule has 0 spiro atoms. The van der Waals surface area contributed by atoms with Crippen LogP contribution >= 0.6 is 23.4 Å². The molecule has 1 N–H and O–H groups in total. The molecule has 2 aromatic carbocycles. The molecule has 0 aliphatic rings. The Kier molecular flexibility index (Phi) is 6.13. The first-order valence-electron chi connectivity index (χ1n) is 8.08. The van der Waals surface area contributed by atoms with E-state index in [9.17, 15) is 13.6 Å². The van der Waals surface area contributed by atoms with Crippen LogP contribution in [0.1, 0.15) is 17.8 Å². The lowest BCUT2D eigenvalue weighted by Crippen LogP contribution is -2.20. The summed E-state index contributed by atoms with van der Waals surface area (Å²) in [5.74, 6) is -0.376. The summed E-state index contributed by atoms with van der Waals surface area (Å²) in [5.41, 5.74) is 0.456. The summed E-state index contributed by atoms with van der Waals surface area (Å²) >= 11 is 7.39. The van der Waals surface area contributed by atoms with E-state index in [2.05, 4.69) is 10.4 Å². The Hall–Kier alpha value is -2.38. The van der Waals surface area contributed by atoms with Gasteiger partial charge in [-0.25, -0.2) is 8.78 Å². The van der Waals surface area contributed by atoms with E-state index in [1.165, 1.54) is 16.4 Å². The highest BCUT2D eigenvalue weighted by Crippen LogP contribution is 2.33. The largest absolute Gasteiger partial charge is 0.323 e. The van der Waals surface area contributed by atoms with Gasteiger partial charge < -0.3 is 5.32 Å². The second-order valence-corrected chi connectivity index (χ2v) is 7.20. The fourth-order valence-corrected chi connectivity index (χ4v) is 3.58. The van der Waals surface area contributed by atoms with Crippen LogP contribution in [-0.2, 0) is 11.3 Å². The second kappa shape index (κ2) is 8.54. The van der Waals surface area contributed by atoms with Gasteiger partial charge in [-0.1, -0.05) is 53.7 Å². The highest BCUT2D eigenvalue weighted by atomic mass is 35.5. The van der Waals surface area contributed by atoms with E-state index >= 15 is 0 Å². The Morgan fingerprint density at radius 1 is 1.19 bits per heavy atom. The minimum absolute atomic E-state index is 0.113. The van der Waals surface area contributed by atoms with E-state index in [4.69, 9.17) is 11.6 Å². The minimum atomic E-state index is -2.79. The van der Waals surface area contributed by atoms with Gasteiger partial charge in [0.15, 0.2) is 0 Å². The molecule has 0 atom stereocenters. The lowest BCUT2D eigenvalue weighted by molar-refractivity contribution is -0.117. The molecule has 140 valence electrons. The van der Waals surface area contributed by atoms with Gasteiger partial charge in [0.2, 0.25) is 5.91 Å². The van der Waals surface area contributed by atoms with Crippen LogP contribution in [0, 0.1) is 6.92 Å². The van der Waals surface area contributed by atoms with Crippen molar-refractivity contribution in [1.82, 2.24) is 9.78 Å². The minimum Gasteiger partial charge on any atom is -0.323 e. The van der Waals surface area contributed by atoms with Gasteiger partial charge in [0.25, 0.3) is 6.43 Å². The maximum absolute atomic E-state index is 12.9. The molecule has 0 fully saturated rings. The van der Waals surface area contributed by atoms with Crippen LogP contribution < -0.4 is 5.32 Å². The summed E-state index contributed by atoms with van der Waals surface area (Å²) in [7, 11) is 0. The zero-order valence-electron chi connectivity index (χ0n) is 14.3. The molecule has 1 amide bonds. The van der Waals surface area contributed by atoms with E-state index in [0.717, 1.165) is 9.79 Å². The highest BCUT2D eigenvalue weighted by Gasteiger charge is 2.21. The molecule has 3 rings (SSSR count). The van der Waals surface area contributed by atoms with E-state index in [-0.39, 0.29) is 17.5 Å². The number of halogens is 3. The van der Waals surface area contributed by atoms with E-state index in [1.807, 2.05) is 48.5 Å². The summed E-state index contributed by atoms with van der Waals surface area (Å²) in [5, 5.41) is 6.45. The molecule has 0 unspecified atom stereocenters. The second-order valence-electron chi connectivity index (χ2n) is 5.70. The fraction of sp³-hybridized carbons (Fsp3) is 0.158. The predicted octanol–water partition coefficient (Wildman–Crippen LogP) is 5.57. The molecule has 0 aliphatic carbocycles. The first-order valence-corrected chi connectivity index (χ1v) is 9.28. The third-order valence-electron chi connectivity index (χ3n) is 3.79. The summed E-state index contributed by atoms with van der Waals surface area (Å²) < 4.78 is 27.0. The van der Waals surface area contributed by atoms with Crippen LogP contribution in [0.5, 0.6) is 0 Å². The van der Waals surface area contributed by atoms with Crippen LogP contribution in [0.15, 0.2) is 64.4 Å². The number of para-hydroxylation sites is 1. The summed E-state index contributed by atoms with van der Waals surface area (Å²) in [6.07, 6.45) is -2.79. The number of benzene rings is 2. The van der Waals surface area contributed by atoms with Crippen molar-refractivity contribution in [3.8, 4) is 0 Å². The molecule has 0 radical (unpaired) electrons. The fourth-order valence-electron chi connectivity index (χ4n) is 2.44. The monoisotopic (exact) mass is 407 g/mol. The molecule has 0 saturated carbocycles. The third kappa shape index (κ3) is 4.67. The number of nitrogens with zero attached hydrogens (tertiary/aromatic N) is 2. The summed E-state index contributed by atoms with van der Waals surface area (Å²) in [6, 6.07) is 17.2. The average molecular weight is 408 g/mol. The van der Waals surface area contributed by atoms with Gasteiger partial charge in [0, 0.05) is 9.79 Å². The van der Waals surface area contributed by atoms with Crippen molar-refractivity contribution >= 4 is 35.0 Å². The molecule has 0 saturated heterocycles. The molecule has 3 aromatic rings. The normalized spacial score (nSPS) is 11.0. The Bertz CT molecular complexity index is 947. The van der Waals surface area contributed by atoms with E-state index < -0.39 is 12.1 Å². The number of aromatic nitrogens is 2. The third-order valence-corrected chi connectivity index (χ3v) is 5.34. The first-order chi connectivity index (χ1) is 13.0. The topological polar surface area (TPSA) is 46.9 Å². The Morgan fingerprint density at radius 3 is 2.52 bits per heavy atom. The molecule has 4 nitrogen and oxygen atoms in total. The lowest BCUT2D eigenvalue weighted by atomic mass is 10.3. The van der Waals surface area contributed by atoms with Crippen molar-refractivity contribution in [2.75, 3.05) is 5.32 Å². The van der Waals surface area contributed by atoms with Crippen LogP contribution in [-0.4, -0.2) is 15.7 Å². The van der Waals surface area contributed by atoms with Gasteiger partial charge >= 0.3 is 0 Å². The number of rotatable bonds is 6. The highest BCUT2D eigenvalue weighted by molar-refractivity contribution is 7.99. The predicted molar refractivity (Wildman–Crippen MR) is 103 cm³/mol. The van der Waals surface area contributed by atoms with Gasteiger partial charge in [-0.15, -0.1) is 0 Å². The Morgan fingerprint density at radius 2 is 1.85 bits per heavy atom. The number of carbonyl (C=O) groups is 1. The number of amides is 1. The summed E-state index contributed by atoms with van der Waals surface area (Å²) in [6.45, 7) is 1.34. The van der Waals surface area contributed by atoms with Crippen LogP contribution in [0.4, 0.5) is 14.5 Å². The van der Waals surface area contributed by atoms with Gasteiger partial charge in [-0.2, -0.15) is 5.10 Å². The molecule has 0 bridgehead atoms. The Labute approximate surface area is 164 Å². The maximum atomic E-state index is 12.9. The van der Waals surface area contributed by atoms with Crippen molar-refractivity contribution in [3.05, 3.63) is 71.0 Å².